The number of H-pyrrole nitrogens is 1. The van der Waals surface area contributed by atoms with Gasteiger partial charge in [0.1, 0.15) is 5.82 Å². The lowest BCUT2D eigenvalue weighted by Crippen LogP contribution is -2.22. The third-order valence-corrected chi connectivity index (χ3v) is 3.80. The number of carbonyl (C=O) groups is 1. The van der Waals surface area contributed by atoms with Crippen LogP contribution in [0.4, 0.5) is 0 Å². The van der Waals surface area contributed by atoms with Crippen molar-refractivity contribution in [3.8, 4) is 0 Å². The van der Waals surface area contributed by atoms with Gasteiger partial charge in [-0.1, -0.05) is 17.3 Å². The van der Waals surface area contributed by atoms with Crippen LogP contribution in [0.15, 0.2) is 22.7 Å². The van der Waals surface area contributed by atoms with E-state index >= 15 is 0 Å². The lowest BCUT2D eigenvalue weighted by atomic mass is 10.2. The number of rotatable bonds is 6. The molecule has 0 radical (unpaired) electrons. The van der Waals surface area contributed by atoms with Gasteiger partial charge < -0.3 is 14.8 Å². The van der Waals surface area contributed by atoms with Crippen molar-refractivity contribution in [3.05, 3.63) is 41.3 Å². The number of fused-ring (bicyclic) bond motifs is 1. The van der Waals surface area contributed by atoms with Crippen LogP contribution in [0.5, 0.6) is 0 Å². The van der Waals surface area contributed by atoms with Gasteiger partial charge in [-0.05, 0) is 25.6 Å². The molecule has 2 N–H and O–H groups in total. The second-order valence-corrected chi connectivity index (χ2v) is 5.73. The fraction of sp³-hybridized carbons (Fsp3) is 0.375. The average Bonchev–Trinajstić information content (AvgIpc) is 3.19. The molecule has 126 valence electrons. The number of nitrogens with zero attached hydrogens (tertiary/aromatic N) is 4. The Hall–Kier alpha value is -2.74. The number of amides is 1. The van der Waals surface area contributed by atoms with Crippen LogP contribution in [0, 0.1) is 6.92 Å². The molecule has 3 rings (SSSR count). The Kier molecular flexibility index (Phi) is 4.57. The van der Waals surface area contributed by atoms with E-state index in [4.69, 9.17) is 4.52 Å². The van der Waals surface area contributed by atoms with Gasteiger partial charge in [-0.15, -0.1) is 0 Å². The minimum atomic E-state index is -0.356. The maximum atomic E-state index is 11.4. The maximum Gasteiger partial charge on any atom is 0.292 e. The van der Waals surface area contributed by atoms with Gasteiger partial charge in [0.25, 0.3) is 11.7 Å². The third-order valence-electron chi connectivity index (χ3n) is 3.80. The van der Waals surface area contributed by atoms with Crippen molar-refractivity contribution in [1.29, 1.82) is 0 Å². The first-order valence-electron chi connectivity index (χ1n) is 7.74. The standard InChI is InChI=1S/C16H20N6O2/c1-10-5-4-6-11-14(10)19-12(18-11)7-8-22(3)9-13-20-15(21-24-13)16(23)17-2/h4-6H,7-9H2,1-3H3,(H,17,23)(H,18,19). The first kappa shape index (κ1) is 16.1. The molecule has 0 spiro atoms. The lowest BCUT2D eigenvalue weighted by Gasteiger charge is -2.12. The molecule has 0 saturated heterocycles. The molecule has 0 aliphatic heterocycles. The average molecular weight is 328 g/mol. The van der Waals surface area contributed by atoms with Gasteiger partial charge in [0.15, 0.2) is 0 Å². The summed E-state index contributed by atoms with van der Waals surface area (Å²) in [7, 11) is 3.48. The zero-order valence-corrected chi connectivity index (χ0v) is 14.0. The number of aryl methyl sites for hydroxylation is 1. The van der Waals surface area contributed by atoms with Crippen molar-refractivity contribution in [2.45, 2.75) is 19.9 Å². The van der Waals surface area contributed by atoms with Gasteiger partial charge >= 0.3 is 0 Å². The topological polar surface area (TPSA) is 99.9 Å². The highest BCUT2D eigenvalue weighted by atomic mass is 16.5. The predicted octanol–water partition coefficient (Wildman–Crippen LogP) is 1.29. The number of para-hydroxylation sites is 1. The monoisotopic (exact) mass is 328 g/mol. The van der Waals surface area contributed by atoms with Gasteiger partial charge in [-0.25, -0.2) is 4.98 Å². The second kappa shape index (κ2) is 6.79. The van der Waals surface area contributed by atoms with Crippen molar-refractivity contribution in [3.63, 3.8) is 0 Å². The fourth-order valence-corrected chi connectivity index (χ4v) is 2.47. The highest BCUT2D eigenvalue weighted by molar-refractivity contribution is 5.89. The Morgan fingerprint density at radius 3 is 2.96 bits per heavy atom. The van der Waals surface area contributed by atoms with Crippen molar-refractivity contribution in [2.75, 3.05) is 20.6 Å². The second-order valence-electron chi connectivity index (χ2n) is 5.73. The van der Waals surface area contributed by atoms with E-state index in [-0.39, 0.29) is 11.7 Å². The highest BCUT2D eigenvalue weighted by Gasteiger charge is 2.14. The van der Waals surface area contributed by atoms with Crippen molar-refractivity contribution >= 4 is 16.9 Å². The Labute approximate surface area is 139 Å². The van der Waals surface area contributed by atoms with E-state index in [9.17, 15) is 4.79 Å². The minimum absolute atomic E-state index is 0.0497. The van der Waals surface area contributed by atoms with E-state index in [0.717, 1.165) is 35.4 Å². The van der Waals surface area contributed by atoms with Crippen molar-refractivity contribution < 1.29 is 9.32 Å². The molecule has 0 saturated carbocycles. The smallest absolute Gasteiger partial charge is 0.292 e. The summed E-state index contributed by atoms with van der Waals surface area (Å²) in [5.74, 6) is 1.05. The zero-order chi connectivity index (χ0) is 17.1. The Morgan fingerprint density at radius 1 is 1.38 bits per heavy atom. The Bertz CT molecular complexity index is 853. The van der Waals surface area contributed by atoms with Crippen LogP contribution < -0.4 is 5.32 Å². The van der Waals surface area contributed by atoms with Crippen LogP contribution in [-0.2, 0) is 13.0 Å². The molecule has 2 heterocycles. The van der Waals surface area contributed by atoms with E-state index < -0.39 is 0 Å². The molecule has 0 atom stereocenters. The molecule has 24 heavy (non-hydrogen) atoms. The molecule has 0 bridgehead atoms. The van der Waals surface area contributed by atoms with Crippen molar-refractivity contribution in [1.82, 2.24) is 30.3 Å². The number of hydrogen-bond acceptors (Lipinski definition) is 6. The summed E-state index contributed by atoms with van der Waals surface area (Å²) in [5, 5.41) is 6.12. The van der Waals surface area contributed by atoms with Crippen LogP contribution in [0.1, 0.15) is 27.9 Å². The van der Waals surface area contributed by atoms with E-state index in [1.807, 2.05) is 24.1 Å². The lowest BCUT2D eigenvalue weighted by molar-refractivity contribution is 0.0950. The summed E-state index contributed by atoms with van der Waals surface area (Å²) in [6, 6.07) is 6.10. The first-order valence-corrected chi connectivity index (χ1v) is 7.74. The van der Waals surface area contributed by atoms with Crippen LogP contribution in [0.2, 0.25) is 0 Å². The number of likely N-dealkylation sites (N-methyl/N-ethyl adjacent to an activating group) is 1. The van der Waals surface area contributed by atoms with Crippen LogP contribution in [0.25, 0.3) is 11.0 Å². The van der Waals surface area contributed by atoms with Gasteiger partial charge in [0.2, 0.25) is 5.89 Å². The molecule has 3 aromatic rings. The maximum absolute atomic E-state index is 11.4. The fourth-order valence-electron chi connectivity index (χ4n) is 2.47. The van der Waals surface area contributed by atoms with Gasteiger partial charge in [-0.3, -0.25) is 9.69 Å². The SMILES string of the molecule is CNC(=O)c1noc(CN(C)CCc2nc3c(C)cccc3[nH]2)n1. The first-order chi connectivity index (χ1) is 11.6. The van der Waals surface area contributed by atoms with Crippen molar-refractivity contribution in [2.24, 2.45) is 0 Å². The normalized spacial score (nSPS) is 11.3. The highest BCUT2D eigenvalue weighted by Crippen LogP contribution is 2.15. The molecule has 1 aromatic carbocycles. The molecule has 0 aliphatic carbocycles. The summed E-state index contributed by atoms with van der Waals surface area (Å²) >= 11 is 0. The Morgan fingerprint density at radius 2 is 2.21 bits per heavy atom. The summed E-state index contributed by atoms with van der Waals surface area (Å²) in [6.45, 7) is 3.30. The molecule has 8 heteroatoms. The van der Waals surface area contributed by atoms with E-state index in [1.165, 1.54) is 7.05 Å². The molecule has 0 unspecified atom stereocenters. The predicted molar refractivity (Wildman–Crippen MR) is 88.6 cm³/mol. The zero-order valence-electron chi connectivity index (χ0n) is 14.0. The van der Waals surface area contributed by atoms with Gasteiger partial charge in [-0.2, -0.15) is 4.98 Å². The quantitative estimate of drug-likeness (QED) is 0.707. The Balaban J connectivity index is 1.58. The molecule has 1 amide bonds. The summed E-state index contributed by atoms with van der Waals surface area (Å²) in [4.78, 5) is 25.5. The van der Waals surface area contributed by atoms with Gasteiger partial charge in [0, 0.05) is 20.0 Å². The number of hydrogen-bond donors (Lipinski definition) is 2. The van der Waals surface area contributed by atoms with E-state index in [1.54, 1.807) is 0 Å². The number of aromatic amines is 1. The number of carbonyl (C=O) groups excluding carboxylic acids is 1. The third kappa shape index (κ3) is 3.43. The summed E-state index contributed by atoms with van der Waals surface area (Å²) < 4.78 is 5.09. The van der Waals surface area contributed by atoms with Crippen LogP contribution in [0.3, 0.4) is 0 Å². The molecular formula is C16H20N6O2. The molecule has 2 aromatic heterocycles. The molecule has 0 aliphatic rings. The largest absolute Gasteiger partial charge is 0.352 e. The van der Waals surface area contributed by atoms with Gasteiger partial charge in [0.05, 0.1) is 17.6 Å². The minimum Gasteiger partial charge on any atom is -0.352 e. The number of imidazole rings is 1. The number of aromatic nitrogens is 4. The molecular weight excluding hydrogens is 308 g/mol. The van der Waals surface area contributed by atoms with E-state index in [0.29, 0.717) is 12.4 Å². The molecule has 0 fully saturated rings. The molecule has 8 nitrogen and oxygen atoms in total. The summed E-state index contributed by atoms with van der Waals surface area (Å²) in [5.41, 5.74) is 3.23. The number of nitrogens with one attached hydrogen (secondary N) is 2. The number of benzene rings is 1. The van der Waals surface area contributed by atoms with Crippen LogP contribution >= 0.6 is 0 Å². The summed E-state index contributed by atoms with van der Waals surface area (Å²) in [6.07, 6.45) is 0.779. The van der Waals surface area contributed by atoms with E-state index in [2.05, 4.69) is 38.4 Å². The van der Waals surface area contributed by atoms with Crippen LogP contribution in [-0.4, -0.2) is 51.6 Å².